The molecule has 5 aliphatic rings. The van der Waals surface area contributed by atoms with E-state index >= 15 is 0 Å². The number of nitrogens with zero attached hydrogens (tertiary/aromatic N) is 6. The number of piperidine rings is 2. The van der Waals surface area contributed by atoms with Gasteiger partial charge in [0.2, 0.25) is 11.8 Å². The molecule has 9 rings (SSSR count). The molecule has 338 valence electrons. The van der Waals surface area contributed by atoms with E-state index in [2.05, 4.69) is 73.0 Å². The second-order valence-corrected chi connectivity index (χ2v) is 19.8. The first-order chi connectivity index (χ1) is 31.0. The van der Waals surface area contributed by atoms with Crippen molar-refractivity contribution in [2.45, 2.75) is 116 Å². The molecule has 4 fully saturated rings. The lowest BCUT2D eigenvalue weighted by Gasteiger charge is -2.63. The van der Waals surface area contributed by atoms with Crippen molar-refractivity contribution in [1.82, 2.24) is 30.4 Å². The monoisotopic (exact) mass is 880 g/mol. The first-order valence-electron chi connectivity index (χ1n) is 22.8. The molecule has 2 saturated carbocycles. The minimum atomic E-state index is -1.01. The number of anilines is 1. The summed E-state index contributed by atoms with van der Waals surface area (Å²) in [4.78, 5) is 79.2. The van der Waals surface area contributed by atoms with Crippen molar-refractivity contribution in [1.29, 1.82) is 5.26 Å². The van der Waals surface area contributed by atoms with E-state index in [-0.39, 0.29) is 59.0 Å². The van der Waals surface area contributed by atoms with Crippen molar-refractivity contribution in [2.24, 2.45) is 16.7 Å². The molecule has 2 aliphatic carbocycles. The zero-order valence-corrected chi connectivity index (χ0v) is 37.8. The van der Waals surface area contributed by atoms with E-state index in [1.54, 1.807) is 36.7 Å². The summed E-state index contributed by atoms with van der Waals surface area (Å²) >= 11 is 0. The fourth-order valence-electron chi connectivity index (χ4n) is 11.2. The van der Waals surface area contributed by atoms with Crippen LogP contribution in [0.25, 0.3) is 10.9 Å². The van der Waals surface area contributed by atoms with Crippen LogP contribution in [-0.2, 0) is 9.59 Å². The van der Waals surface area contributed by atoms with Gasteiger partial charge in [-0.05, 0) is 93.6 Å². The highest BCUT2D eigenvalue weighted by Crippen LogP contribution is 2.56. The van der Waals surface area contributed by atoms with Crippen LogP contribution >= 0.6 is 0 Å². The lowest BCUT2D eigenvalue weighted by atomic mass is 9.49. The van der Waals surface area contributed by atoms with Gasteiger partial charge < -0.3 is 19.7 Å². The number of fused-ring (bicyclic) bond motifs is 2. The predicted octanol–water partition coefficient (Wildman–Crippen LogP) is 6.05. The lowest BCUT2D eigenvalue weighted by Crippen LogP contribution is -2.74. The third kappa shape index (κ3) is 7.96. The fourth-order valence-corrected chi connectivity index (χ4v) is 11.2. The number of ether oxygens (including phenoxy) is 2. The Morgan fingerprint density at radius 2 is 1.68 bits per heavy atom. The smallest absolute Gasteiger partial charge is 0.262 e. The highest BCUT2D eigenvalue weighted by Gasteiger charge is 2.64. The van der Waals surface area contributed by atoms with Crippen molar-refractivity contribution >= 4 is 46.3 Å². The number of hydrogen-bond donors (Lipinski definition) is 2. The van der Waals surface area contributed by atoms with E-state index in [0.717, 1.165) is 61.4 Å². The Morgan fingerprint density at radius 3 is 2.35 bits per heavy atom. The van der Waals surface area contributed by atoms with Crippen LogP contribution in [0.2, 0.25) is 0 Å². The van der Waals surface area contributed by atoms with Crippen molar-refractivity contribution in [3.05, 3.63) is 89.2 Å². The predicted molar refractivity (Wildman–Crippen MR) is 241 cm³/mol. The van der Waals surface area contributed by atoms with Crippen LogP contribution in [0.5, 0.6) is 11.5 Å². The second kappa shape index (κ2) is 16.9. The molecule has 2 N–H and O–H groups in total. The van der Waals surface area contributed by atoms with Crippen LogP contribution in [0.1, 0.15) is 117 Å². The summed E-state index contributed by atoms with van der Waals surface area (Å²) in [6.07, 6.45) is 7.06. The summed E-state index contributed by atoms with van der Waals surface area (Å²) in [5.41, 5.74) is 1.29. The van der Waals surface area contributed by atoms with E-state index in [4.69, 9.17) is 14.5 Å². The average molecular weight is 881 g/mol. The Bertz CT molecular complexity index is 2590. The van der Waals surface area contributed by atoms with Crippen LogP contribution in [0, 0.1) is 28.1 Å². The average Bonchev–Trinajstić information content (AvgIpc) is 3.52. The second-order valence-electron chi connectivity index (χ2n) is 19.8. The Balaban J connectivity index is 0.743. The van der Waals surface area contributed by atoms with Crippen molar-refractivity contribution in [3.8, 4) is 17.6 Å². The summed E-state index contributed by atoms with van der Waals surface area (Å²) in [7, 11) is 0. The van der Waals surface area contributed by atoms with Crippen LogP contribution in [0.3, 0.4) is 0 Å². The minimum Gasteiger partial charge on any atom is -0.490 e. The maximum atomic E-state index is 13.7. The number of rotatable bonds is 12. The molecule has 3 aliphatic heterocycles. The van der Waals surface area contributed by atoms with Crippen molar-refractivity contribution < 1.29 is 33.4 Å². The largest absolute Gasteiger partial charge is 0.490 e. The summed E-state index contributed by atoms with van der Waals surface area (Å²) in [6, 6.07) is 17.8. The Morgan fingerprint density at radius 1 is 0.938 bits per heavy atom. The number of nitriles is 1. The summed E-state index contributed by atoms with van der Waals surface area (Å²) < 4.78 is 13.0. The molecule has 65 heavy (non-hydrogen) atoms. The molecule has 2 aromatic carbocycles. The zero-order valence-electron chi connectivity index (χ0n) is 37.8. The standard InChI is InChI=1S/C50H56N8O7/c1-28(2)57(32-22-34(23-32)64-33-11-12-35-37(24-33)46(63)58(45(35)62)38-13-16-41(59)54-44(38)61)27-29-17-20-56(21-18-29)40-15-10-31(26-53-40)43(60)55-47-49(3,4)48(50(47,5)6)65-39-14-9-30(25-51)42-36(39)8-7-19-52-42/h7-12,14-15,19,24,26,28-29,32,34,38,47-48H,13,16-18,20-23,27H2,1-6H3,(H,55,60)(H,54,59,61)/t32?,34?,38?,47-,48-. The van der Waals surface area contributed by atoms with Gasteiger partial charge in [0.15, 0.2) is 0 Å². The van der Waals surface area contributed by atoms with E-state index in [9.17, 15) is 29.2 Å². The van der Waals surface area contributed by atoms with E-state index in [0.29, 0.717) is 46.1 Å². The molecular weight excluding hydrogens is 825 g/mol. The SMILES string of the molecule is CC(C)N(CC1CCN(c2ccc(C(=O)N[C@H]3C(C)(C)[C@H](Oc4ccc(C#N)c5ncccc45)C3(C)C)cn2)CC1)C1CC(Oc2ccc3c(c2)C(=O)N(C2CCC(=O)NC2=O)C3=O)C1. The van der Waals surface area contributed by atoms with E-state index in [1.165, 1.54) is 0 Å². The number of nitrogens with one attached hydrogen (secondary N) is 2. The Hall–Kier alpha value is -6.40. The molecular formula is C50H56N8O7. The summed E-state index contributed by atoms with van der Waals surface area (Å²) in [5, 5.41) is 15.9. The third-order valence-electron chi connectivity index (χ3n) is 14.5. The maximum Gasteiger partial charge on any atom is 0.262 e. The molecule has 1 unspecified atom stereocenters. The fraction of sp³-hybridized carbons (Fsp3) is 0.480. The maximum absolute atomic E-state index is 13.7. The molecule has 2 aromatic heterocycles. The zero-order chi connectivity index (χ0) is 45.9. The van der Waals surface area contributed by atoms with Gasteiger partial charge >= 0.3 is 0 Å². The summed E-state index contributed by atoms with van der Waals surface area (Å²) in [6.45, 7) is 15.6. The van der Waals surface area contributed by atoms with Gasteiger partial charge in [0.25, 0.3) is 17.7 Å². The van der Waals surface area contributed by atoms with Gasteiger partial charge in [-0.25, -0.2) is 4.98 Å². The minimum absolute atomic E-state index is 0.0209. The van der Waals surface area contributed by atoms with Crippen LogP contribution in [-0.4, -0.2) is 105 Å². The van der Waals surface area contributed by atoms with E-state index in [1.807, 2.05) is 30.3 Å². The Kier molecular flexibility index (Phi) is 11.4. The summed E-state index contributed by atoms with van der Waals surface area (Å²) in [5.74, 6) is 0.293. The van der Waals surface area contributed by atoms with Gasteiger partial charge in [0, 0.05) is 85.6 Å². The number of pyridine rings is 2. The topological polar surface area (TPSA) is 187 Å². The third-order valence-corrected chi connectivity index (χ3v) is 14.5. The normalized spacial score (nSPS) is 24.9. The number of aromatic nitrogens is 2. The molecule has 2 saturated heterocycles. The van der Waals surface area contributed by atoms with Crippen molar-refractivity contribution in [2.75, 3.05) is 24.5 Å². The Labute approximate surface area is 378 Å². The van der Waals surface area contributed by atoms with Gasteiger partial charge in [-0.2, -0.15) is 5.26 Å². The molecule has 15 nitrogen and oxygen atoms in total. The first-order valence-corrected chi connectivity index (χ1v) is 22.8. The van der Waals surface area contributed by atoms with Crippen LogP contribution in [0.4, 0.5) is 5.82 Å². The van der Waals surface area contributed by atoms with Crippen LogP contribution < -0.4 is 25.0 Å². The van der Waals surface area contributed by atoms with Gasteiger partial charge in [0.05, 0.1) is 27.8 Å². The number of carbonyl (C=O) groups is 5. The van der Waals surface area contributed by atoms with Gasteiger partial charge in [-0.3, -0.25) is 44.1 Å². The van der Waals surface area contributed by atoms with E-state index < -0.39 is 29.7 Å². The lowest BCUT2D eigenvalue weighted by molar-refractivity contribution is -0.163. The number of amides is 5. The van der Waals surface area contributed by atoms with Crippen LogP contribution in [0.15, 0.2) is 67.0 Å². The highest BCUT2D eigenvalue weighted by molar-refractivity contribution is 6.23. The first kappa shape index (κ1) is 43.8. The molecule has 4 aromatic rings. The molecule has 1 atom stereocenters. The molecule has 0 bridgehead atoms. The molecule has 5 amide bonds. The molecule has 0 spiro atoms. The number of carbonyl (C=O) groups excluding carboxylic acids is 5. The number of benzene rings is 2. The molecule has 0 radical (unpaired) electrons. The number of hydrogen-bond acceptors (Lipinski definition) is 12. The van der Waals surface area contributed by atoms with Gasteiger partial charge in [-0.15, -0.1) is 0 Å². The van der Waals surface area contributed by atoms with Gasteiger partial charge in [0.1, 0.15) is 41.6 Å². The highest BCUT2D eigenvalue weighted by atomic mass is 16.5. The van der Waals surface area contributed by atoms with Crippen molar-refractivity contribution in [3.63, 3.8) is 0 Å². The van der Waals surface area contributed by atoms with Gasteiger partial charge in [-0.1, -0.05) is 27.7 Å². The molecule has 5 heterocycles. The quantitative estimate of drug-likeness (QED) is 0.157. The molecule has 15 heteroatoms. The number of imide groups is 2.